The molecular weight excluding hydrogens is 290 g/mol. The highest BCUT2D eigenvalue weighted by atomic mass is 16.6. The summed E-state index contributed by atoms with van der Waals surface area (Å²) < 4.78 is 5.29. The third kappa shape index (κ3) is 4.83. The molecule has 0 radical (unpaired) electrons. The summed E-state index contributed by atoms with van der Waals surface area (Å²) in [5.41, 5.74) is 2.85. The van der Waals surface area contributed by atoms with Crippen LogP contribution in [-0.2, 0) is 17.7 Å². The van der Waals surface area contributed by atoms with Crippen molar-refractivity contribution in [1.82, 2.24) is 5.32 Å². The molecule has 0 saturated heterocycles. The lowest BCUT2D eigenvalue weighted by Gasteiger charge is -2.22. The van der Waals surface area contributed by atoms with Crippen LogP contribution in [0.5, 0.6) is 0 Å². The molecule has 0 aromatic heterocycles. The van der Waals surface area contributed by atoms with Crippen molar-refractivity contribution in [1.29, 1.82) is 0 Å². The van der Waals surface area contributed by atoms with Gasteiger partial charge in [0.25, 0.3) is 0 Å². The van der Waals surface area contributed by atoms with Gasteiger partial charge in [-0.3, -0.25) is 0 Å². The van der Waals surface area contributed by atoms with Crippen molar-refractivity contribution in [3.8, 4) is 0 Å². The Hall–Kier alpha value is -2.33. The van der Waals surface area contributed by atoms with Crippen LogP contribution in [0.1, 0.15) is 36.6 Å². The molecule has 2 N–H and O–H groups in total. The number of hydrogen-bond donors (Lipinski definition) is 2. The minimum atomic E-state index is -0.839. The average molecular weight is 313 g/mol. The van der Waals surface area contributed by atoms with Gasteiger partial charge in [0, 0.05) is 6.54 Å². The van der Waals surface area contributed by atoms with Crippen LogP contribution < -0.4 is 5.32 Å². The molecular formula is C19H23NO3. The lowest BCUT2D eigenvalue weighted by molar-refractivity contribution is 0.0113. The molecule has 4 heteroatoms. The maximum Gasteiger partial charge on any atom is 0.407 e. The molecule has 2 atom stereocenters. The second-order valence-corrected chi connectivity index (χ2v) is 5.45. The minimum Gasteiger partial charge on any atom is -0.443 e. The fraction of sp³-hybridized carbons (Fsp3) is 0.316. The standard InChI is InChI=1S/C19H23NO3/c1-3-16-11-7-8-12-17(16)18(21)14(2)23-19(22)20-13-15-9-5-4-6-10-15/h4-12,14,18,21H,3,13H2,1-2H3,(H,20,22). The monoisotopic (exact) mass is 313 g/mol. The fourth-order valence-corrected chi connectivity index (χ4v) is 2.44. The highest BCUT2D eigenvalue weighted by Gasteiger charge is 2.22. The molecule has 1 amide bonds. The molecule has 0 aliphatic rings. The minimum absolute atomic E-state index is 0.397. The molecule has 0 spiro atoms. The number of rotatable bonds is 6. The molecule has 2 aromatic carbocycles. The van der Waals surface area contributed by atoms with Gasteiger partial charge in [0.15, 0.2) is 0 Å². The lowest BCUT2D eigenvalue weighted by Crippen LogP contribution is -2.30. The summed E-state index contributed by atoms with van der Waals surface area (Å²) in [5.74, 6) is 0. The fourth-order valence-electron chi connectivity index (χ4n) is 2.44. The Bertz CT molecular complexity index is 628. The van der Waals surface area contributed by atoms with E-state index < -0.39 is 18.3 Å². The number of nitrogens with one attached hydrogen (secondary N) is 1. The Kier molecular flexibility index (Phi) is 6.18. The predicted octanol–water partition coefficient (Wildman–Crippen LogP) is 3.60. The Morgan fingerprint density at radius 1 is 1.13 bits per heavy atom. The Balaban J connectivity index is 1.90. The predicted molar refractivity (Wildman–Crippen MR) is 90.0 cm³/mol. The summed E-state index contributed by atoms with van der Waals surface area (Å²) in [7, 11) is 0. The van der Waals surface area contributed by atoms with Crippen LogP contribution in [-0.4, -0.2) is 17.3 Å². The topological polar surface area (TPSA) is 58.6 Å². The van der Waals surface area contributed by atoms with E-state index in [9.17, 15) is 9.90 Å². The van der Waals surface area contributed by atoms with Gasteiger partial charge < -0.3 is 15.2 Å². The molecule has 0 aliphatic heterocycles. The first-order chi connectivity index (χ1) is 11.1. The summed E-state index contributed by atoms with van der Waals surface area (Å²) in [4.78, 5) is 11.9. The van der Waals surface area contributed by atoms with E-state index in [2.05, 4.69) is 5.32 Å². The van der Waals surface area contributed by atoms with Crippen molar-refractivity contribution in [2.24, 2.45) is 0 Å². The summed E-state index contributed by atoms with van der Waals surface area (Å²) >= 11 is 0. The third-order valence-corrected chi connectivity index (χ3v) is 3.77. The van der Waals surface area contributed by atoms with Gasteiger partial charge in [-0.1, -0.05) is 61.5 Å². The normalized spacial score (nSPS) is 13.2. The zero-order valence-corrected chi connectivity index (χ0v) is 13.5. The molecule has 23 heavy (non-hydrogen) atoms. The Morgan fingerprint density at radius 2 is 1.78 bits per heavy atom. The van der Waals surface area contributed by atoms with E-state index in [0.29, 0.717) is 6.54 Å². The zero-order chi connectivity index (χ0) is 16.7. The van der Waals surface area contributed by atoms with Gasteiger partial charge in [-0.25, -0.2) is 4.79 Å². The first kappa shape index (κ1) is 17.0. The molecule has 2 unspecified atom stereocenters. The van der Waals surface area contributed by atoms with Crippen molar-refractivity contribution in [2.75, 3.05) is 0 Å². The second kappa shape index (κ2) is 8.34. The van der Waals surface area contributed by atoms with Gasteiger partial charge in [-0.05, 0) is 30.0 Å². The largest absolute Gasteiger partial charge is 0.443 e. The van der Waals surface area contributed by atoms with Crippen LogP contribution in [0.3, 0.4) is 0 Å². The number of alkyl carbamates (subject to hydrolysis) is 1. The van der Waals surface area contributed by atoms with Gasteiger partial charge in [-0.2, -0.15) is 0 Å². The SMILES string of the molecule is CCc1ccccc1C(O)C(C)OC(=O)NCc1ccccc1. The molecule has 0 fully saturated rings. The van der Waals surface area contributed by atoms with E-state index in [1.807, 2.05) is 61.5 Å². The quantitative estimate of drug-likeness (QED) is 0.856. The maximum absolute atomic E-state index is 11.9. The number of carbonyl (C=O) groups is 1. The van der Waals surface area contributed by atoms with E-state index in [-0.39, 0.29) is 0 Å². The van der Waals surface area contributed by atoms with Crippen molar-refractivity contribution < 1.29 is 14.6 Å². The number of hydrogen-bond acceptors (Lipinski definition) is 3. The van der Waals surface area contributed by atoms with Crippen LogP contribution in [0.25, 0.3) is 0 Å². The van der Waals surface area contributed by atoms with E-state index in [4.69, 9.17) is 4.74 Å². The smallest absolute Gasteiger partial charge is 0.407 e. The van der Waals surface area contributed by atoms with Gasteiger partial charge in [-0.15, -0.1) is 0 Å². The number of benzene rings is 2. The first-order valence-electron chi connectivity index (χ1n) is 7.86. The number of carbonyl (C=O) groups excluding carboxylic acids is 1. The van der Waals surface area contributed by atoms with Crippen molar-refractivity contribution >= 4 is 6.09 Å². The molecule has 2 rings (SSSR count). The molecule has 2 aromatic rings. The maximum atomic E-state index is 11.9. The molecule has 122 valence electrons. The number of aryl methyl sites for hydroxylation is 1. The van der Waals surface area contributed by atoms with E-state index in [0.717, 1.165) is 23.1 Å². The van der Waals surface area contributed by atoms with E-state index in [1.54, 1.807) is 6.92 Å². The molecule has 0 aliphatic carbocycles. The van der Waals surface area contributed by atoms with Crippen LogP contribution in [0.15, 0.2) is 54.6 Å². The number of amides is 1. The van der Waals surface area contributed by atoms with Crippen LogP contribution in [0, 0.1) is 0 Å². The highest BCUT2D eigenvalue weighted by Crippen LogP contribution is 2.23. The average Bonchev–Trinajstić information content (AvgIpc) is 2.60. The highest BCUT2D eigenvalue weighted by molar-refractivity contribution is 5.67. The summed E-state index contributed by atoms with van der Waals surface area (Å²) in [6.45, 7) is 4.12. The zero-order valence-electron chi connectivity index (χ0n) is 13.5. The summed E-state index contributed by atoms with van der Waals surface area (Å²) in [6.07, 6.45) is -1.18. The number of ether oxygens (including phenoxy) is 1. The Labute approximate surface area is 137 Å². The van der Waals surface area contributed by atoms with Crippen molar-refractivity contribution in [2.45, 2.75) is 39.0 Å². The van der Waals surface area contributed by atoms with E-state index in [1.165, 1.54) is 0 Å². The molecule has 0 heterocycles. The number of aliphatic hydroxyl groups excluding tert-OH is 1. The number of aliphatic hydroxyl groups is 1. The van der Waals surface area contributed by atoms with Crippen LogP contribution >= 0.6 is 0 Å². The van der Waals surface area contributed by atoms with Gasteiger partial charge in [0.2, 0.25) is 0 Å². The van der Waals surface area contributed by atoms with Crippen molar-refractivity contribution in [3.05, 3.63) is 71.3 Å². The van der Waals surface area contributed by atoms with Crippen molar-refractivity contribution in [3.63, 3.8) is 0 Å². The molecule has 0 bridgehead atoms. The van der Waals surface area contributed by atoms with E-state index >= 15 is 0 Å². The molecule has 0 saturated carbocycles. The molecule has 4 nitrogen and oxygen atoms in total. The Morgan fingerprint density at radius 3 is 2.48 bits per heavy atom. The lowest BCUT2D eigenvalue weighted by atomic mass is 9.98. The summed E-state index contributed by atoms with van der Waals surface area (Å²) in [5, 5.41) is 13.1. The second-order valence-electron chi connectivity index (χ2n) is 5.45. The first-order valence-corrected chi connectivity index (χ1v) is 7.86. The van der Waals surface area contributed by atoms with Crippen LogP contribution in [0.2, 0.25) is 0 Å². The van der Waals surface area contributed by atoms with Gasteiger partial charge >= 0.3 is 6.09 Å². The third-order valence-electron chi connectivity index (χ3n) is 3.77. The van der Waals surface area contributed by atoms with Gasteiger partial charge in [0.05, 0.1) is 0 Å². The van der Waals surface area contributed by atoms with Gasteiger partial charge in [0.1, 0.15) is 12.2 Å². The summed E-state index contributed by atoms with van der Waals surface area (Å²) in [6, 6.07) is 17.3. The van der Waals surface area contributed by atoms with Crippen LogP contribution in [0.4, 0.5) is 4.79 Å².